The van der Waals surface area contributed by atoms with Crippen molar-refractivity contribution in [2.45, 2.75) is 32.6 Å². The van der Waals surface area contributed by atoms with Gasteiger partial charge < -0.3 is 67.3 Å². The van der Waals surface area contributed by atoms with Gasteiger partial charge in [-0.05, 0) is 25.2 Å². The van der Waals surface area contributed by atoms with Crippen LogP contribution in [0.15, 0.2) is 12.3 Å². The Labute approximate surface area is 302 Å². The molecule has 0 radical (unpaired) electrons. The molecule has 0 spiro atoms. The maximum atomic E-state index is 5.58. The normalized spacial score (nSPS) is 12.7. The molecule has 0 heterocycles. The highest BCUT2D eigenvalue weighted by Crippen LogP contribution is 2.26. The highest BCUT2D eigenvalue weighted by molar-refractivity contribution is 4.83. The summed E-state index contributed by atoms with van der Waals surface area (Å²) < 4.78 is 70.7. The fraction of sp³-hybridized carbons (Fsp3) is 0.889. The average molecular weight is 724 g/mol. The van der Waals surface area contributed by atoms with Crippen LogP contribution in [0.4, 0.5) is 0 Å². The molecule has 0 unspecified atom stereocenters. The van der Waals surface area contributed by atoms with Crippen LogP contribution in [-0.4, -0.2) is 172 Å². The number of ether oxygens (including phenoxy) is 13. The van der Waals surface area contributed by atoms with Crippen LogP contribution < -0.4 is 5.73 Å². The first-order chi connectivity index (χ1) is 24.7. The molecule has 2 N–H and O–H groups in total. The highest BCUT2D eigenvalue weighted by atomic mass is 16.6. The van der Waals surface area contributed by atoms with Crippen molar-refractivity contribution < 1.29 is 61.6 Å². The van der Waals surface area contributed by atoms with Crippen molar-refractivity contribution in [3.63, 3.8) is 0 Å². The van der Waals surface area contributed by atoms with Gasteiger partial charge in [0, 0.05) is 12.3 Å². The topological polar surface area (TPSA) is 146 Å². The van der Waals surface area contributed by atoms with Crippen LogP contribution in [0.2, 0.25) is 0 Å². The van der Waals surface area contributed by atoms with Crippen LogP contribution in [0.3, 0.4) is 0 Å². The number of hydrogen-bond donors (Lipinski definition) is 1. The molecule has 0 aromatic heterocycles. The maximum absolute atomic E-state index is 5.58. The van der Waals surface area contributed by atoms with E-state index in [4.69, 9.17) is 73.7 Å². The van der Waals surface area contributed by atoms with Crippen molar-refractivity contribution in [2.75, 3.05) is 172 Å². The van der Waals surface area contributed by atoms with Gasteiger partial charge >= 0.3 is 0 Å². The molecule has 0 aromatic carbocycles. The lowest BCUT2D eigenvalue weighted by molar-refractivity contribution is -0.0294. The van der Waals surface area contributed by atoms with Crippen LogP contribution in [0.5, 0.6) is 0 Å². The summed E-state index contributed by atoms with van der Waals surface area (Å²) in [6, 6.07) is 0. The van der Waals surface area contributed by atoms with Gasteiger partial charge in [0.1, 0.15) is 6.61 Å². The number of hydrogen-bond acceptors (Lipinski definition) is 14. The number of rotatable bonds is 40. The minimum atomic E-state index is 0.308. The van der Waals surface area contributed by atoms with Gasteiger partial charge in [0.05, 0.1) is 159 Å². The zero-order chi connectivity index (χ0) is 36.3. The Kier molecular flexibility index (Phi) is 42.5. The first-order valence-corrected chi connectivity index (χ1v) is 18.1. The molecule has 1 saturated carbocycles. The molecule has 1 rings (SSSR count). The van der Waals surface area contributed by atoms with E-state index in [1.807, 2.05) is 6.92 Å². The van der Waals surface area contributed by atoms with Crippen molar-refractivity contribution in [2.24, 2.45) is 11.7 Å². The molecule has 1 fully saturated rings. The van der Waals surface area contributed by atoms with Crippen LogP contribution in [0.25, 0.3) is 0 Å². The Morgan fingerprint density at radius 1 is 0.480 bits per heavy atom. The summed E-state index contributed by atoms with van der Waals surface area (Å²) in [5.74, 6) is 3.18. The van der Waals surface area contributed by atoms with E-state index in [2.05, 4.69) is 12.5 Å². The zero-order valence-electron chi connectivity index (χ0n) is 31.0. The summed E-state index contributed by atoms with van der Waals surface area (Å²) in [6.45, 7) is 19.3. The summed E-state index contributed by atoms with van der Waals surface area (Å²) in [7, 11) is 0. The second-order valence-corrected chi connectivity index (χ2v) is 10.9. The smallest absolute Gasteiger partial charge is 0.107 e. The van der Waals surface area contributed by atoms with E-state index in [1.54, 1.807) is 0 Å². The van der Waals surface area contributed by atoms with E-state index >= 15 is 0 Å². The first-order valence-electron chi connectivity index (χ1n) is 18.1. The molecular weight excluding hydrogens is 654 g/mol. The molecule has 1 aliphatic rings. The van der Waals surface area contributed by atoms with E-state index in [0.29, 0.717) is 165 Å². The van der Waals surface area contributed by atoms with E-state index in [0.717, 1.165) is 24.6 Å². The fourth-order valence-electron chi connectivity index (χ4n) is 3.58. The molecule has 296 valence electrons. The summed E-state index contributed by atoms with van der Waals surface area (Å²) in [5, 5.41) is 0. The quantitative estimate of drug-likeness (QED) is 0.0730. The lowest BCUT2D eigenvalue weighted by Gasteiger charge is -2.24. The molecular formula is C36H69NO13. The predicted molar refractivity (Wildman–Crippen MR) is 190 cm³/mol. The number of nitrogens with two attached hydrogens (primary N) is 1. The van der Waals surface area contributed by atoms with E-state index < -0.39 is 0 Å². The molecule has 14 heteroatoms. The molecule has 0 bridgehead atoms. The SMILES string of the molecule is C#CCOCCOCCOCCOCCOCCOCCOCCOCCOCCOCCOCCOCCOCC1CCC1.C=C(N)CC. The first kappa shape index (κ1) is 48.6. The fourth-order valence-corrected chi connectivity index (χ4v) is 3.58. The molecule has 50 heavy (non-hydrogen) atoms. The molecule has 1 aliphatic carbocycles. The van der Waals surface area contributed by atoms with Crippen LogP contribution >= 0.6 is 0 Å². The van der Waals surface area contributed by atoms with Crippen LogP contribution in [0.1, 0.15) is 32.6 Å². The monoisotopic (exact) mass is 723 g/mol. The van der Waals surface area contributed by atoms with Gasteiger partial charge in [-0.15, -0.1) is 6.42 Å². The minimum Gasteiger partial charge on any atom is -0.403 e. The van der Waals surface area contributed by atoms with Crippen molar-refractivity contribution in [1.82, 2.24) is 0 Å². The van der Waals surface area contributed by atoms with E-state index in [9.17, 15) is 0 Å². The molecule has 0 aromatic rings. The molecule has 0 amide bonds. The van der Waals surface area contributed by atoms with Gasteiger partial charge in [-0.3, -0.25) is 0 Å². The Hall–Kier alpha value is -1.42. The van der Waals surface area contributed by atoms with Crippen molar-refractivity contribution in [1.29, 1.82) is 0 Å². The summed E-state index contributed by atoms with van der Waals surface area (Å²) >= 11 is 0. The Bertz CT molecular complexity index is 710. The van der Waals surface area contributed by atoms with E-state index in [1.165, 1.54) is 19.3 Å². The third-order valence-electron chi connectivity index (χ3n) is 6.68. The van der Waals surface area contributed by atoms with Gasteiger partial charge in [-0.25, -0.2) is 0 Å². The van der Waals surface area contributed by atoms with Crippen LogP contribution in [-0.2, 0) is 61.6 Å². The Balaban J connectivity index is 0.00000445. The van der Waals surface area contributed by atoms with Gasteiger partial charge in [0.15, 0.2) is 0 Å². The summed E-state index contributed by atoms with van der Waals surface area (Å²) in [4.78, 5) is 0. The second kappa shape index (κ2) is 43.7. The number of terminal acetylenes is 1. The summed E-state index contributed by atoms with van der Waals surface area (Å²) in [5.41, 5.74) is 5.85. The van der Waals surface area contributed by atoms with E-state index in [-0.39, 0.29) is 0 Å². The van der Waals surface area contributed by atoms with Gasteiger partial charge in [-0.2, -0.15) is 0 Å². The van der Waals surface area contributed by atoms with Crippen molar-refractivity contribution in [3.8, 4) is 12.3 Å². The molecule has 14 nitrogen and oxygen atoms in total. The zero-order valence-corrected chi connectivity index (χ0v) is 31.0. The average Bonchev–Trinajstić information content (AvgIpc) is 3.10. The van der Waals surface area contributed by atoms with Gasteiger partial charge in [0.25, 0.3) is 0 Å². The Morgan fingerprint density at radius 3 is 0.880 bits per heavy atom. The maximum Gasteiger partial charge on any atom is 0.107 e. The van der Waals surface area contributed by atoms with Crippen LogP contribution in [0, 0.1) is 18.3 Å². The minimum absolute atomic E-state index is 0.308. The lowest BCUT2D eigenvalue weighted by Crippen LogP contribution is -2.19. The summed E-state index contributed by atoms with van der Waals surface area (Å²) in [6.07, 6.45) is 9.95. The number of allylic oxidation sites excluding steroid dienone is 1. The standard InChI is InChI=1S/C32H60O13.C4H9N/c1-2-6-33-7-8-34-9-10-35-11-12-36-13-14-37-15-16-38-17-18-39-19-20-40-21-22-41-23-24-42-25-26-43-27-28-44-29-30-45-31-32-4-3-5-32;1-3-4(2)5/h1,32H,3-31H2;2-3,5H2,1H3. The largest absolute Gasteiger partial charge is 0.403 e. The van der Waals surface area contributed by atoms with Crippen molar-refractivity contribution in [3.05, 3.63) is 12.3 Å². The van der Waals surface area contributed by atoms with Crippen molar-refractivity contribution >= 4 is 0 Å². The molecule has 0 atom stereocenters. The third-order valence-corrected chi connectivity index (χ3v) is 6.68. The molecule has 0 saturated heterocycles. The molecule has 0 aliphatic heterocycles. The van der Waals surface area contributed by atoms with Gasteiger partial charge in [0.2, 0.25) is 0 Å². The second-order valence-electron chi connectivity index (χ2n) is 10.9. The van der Waals surface area contributed by atoms with Gasteiger partial charge in [-0.1, -0.05) is 25.8 Å². The Morgan fingerprint density at radius 2 is 0.700 bits per heavy atom. The highest BCUT2D eigenvalue weighted by Gasteiger charge is 2.16. The predicted octanol–water partition coefficient (Wildman–Crippen LogP) is 2.50. The lowest BCUT2D eigenvalue weighted by atomic mass is 9.86. The third kappa shape index (κ3) is 42.7.